The first-order valence-electron chi connectivity index (χ1n) is 5.80. The molecule has 0 spiro atoms. The molecule has 0 atom stereocenters. The van der Waals surface area contributed by atoms with Crippen LogP contribution in [-0.2, 0) is 6.54 Å². The quantitative estimate of drug-likeness (QED) is 0.596. The van der Waals surface area contributed by atoms with Gasteiger partial charge in [0.2, 0.25) is 0 Å². The summed E-state index contributed by atoms with van der Waals surface area (Å²) in [6, 6.07) is 4.43. The molecule has 16 heavy (non-hydrogen) atoms. The van der Waals surface area contributed by atoms with E-state index in [0.717, 1.165) is 5.56 Å². The number of aromatic nitrogens is 1. The van der Waals surface area contributed by atoms with Crippen LogP contribution in [0.4, 0.5) is 0 Å². The molecule has 2 rings (SSSR count). The monoisotopic (exact) mass is 218 g/mol. The Morgan fingerprint density at radius 2 is 2.31 bits per heavy atom. The van der Waals surface area contributed by atoms with Gasteiger partial charge in [-0.25, -0.2) is 4.99 Å². The van der Waals surface area contributed by atoms with E-state index >= 15 is 0 Å². The lowest BCUT2D eigenvalue weighted by Gasteiger charge is -2.12. The molecular formula is C12H18N4. The van der Waals surface area contributed by atoms with Gasteiger partial charge >= 0.3 is 0 Å². The minimum absolute atomic E-state index is 0.526. The van der Waals surface area contributed by atoms with E-state index in [-0.39, 0.29) is 0 Å². The predicted molar refractivity (Wildman–Crippen MR) is 65.0 cm³/mol. The molecule has 1 saturated carbocycles. The Bertz CT molecular complexity index is 341. The van der Waals surface area contributed by atoms with Gasteiger partial charge in [-0.15, -0.1) is 0 Å². The van der Waals surface area contributed by atoms with E-state index in [4.69, 9.17) is 5.73 Å². The number of hydrogen-bond donors (Lipinski definition) is 2. The second-order valence-corrected chi connectivity index (χ2v) is 4.19. The minimum Gasteiger partial charge on any atom is -0.370 e. The van der Waals surface area contributed by atoms with Crippen molar-refractivity contribution in [3.05, 3.63) is 30.1 Å². The van der Waals surface area contributed by atoms with E-state index in [1.807, 2.05) is 18.3 Å². The van der Waals surface area contributed by atoms with Crippen LogP contribution in [0.1, 0.15) is 31.2 Å². The van der Waals surface area contributed by atoms with Crippen LogP contribution in [0.25, 0.3) is 0 Å². The van der Waals surface area contributed by atoms with Gasteiger partial charge in [0.05, 0.1) is 6.54 Å². The van der Waals surface area contributed by atoms with Gasteiger partial charge in [-0.2, -0.15) is 0 Å². The second kappa shape index (κ2) is 5.49. The van der Waals surface area contributed by atoms with Gasteiger partial charge in [0.25, 0.3) is 0 Å². The molecule has 86 valence electrons. The maximum atomic E-state index is 5.82. The summed E-state index contributed by atoms with van der Waals surface area (Å²) in [5.41, 5.74) is 6.90. The van der Waals surface area contributed by atoms with Crippen molar-refractivity contribution in [2.45, 2.75) is 38.3 Å². The van der Waals surface area contributed by atoms with Crippen LogP contribution in [-0.4, -0.2) is 17.0 Å². The maximum Gasteiger partial charge on any atom is 0.189 e. The number of hydrogen-bond acceptors (Lipinski definition) is 2. The van der Waals surface area contributed by atoms with Crippen molar-refractivity contribution in [2.24, 2.45) is 10.7 Å². The largest absolute Gasteiger partial charge is 0.370 e. The number of nitrogens with zero attached hydrogens (tertiary/aromatic N) is 2. The zero-order valence-corrected chi connectivity index (χ0v) is 9.39. The zero-order chi connectivity index (χ0) is 11.2. The smallest absolute Gasteiger partial charge is 0.189 e. The van der Waals surface area contributed by atoms with Gasteiger partial charge < -0.3 is 11.1 Å². The predicted octanol–water partition coefficient (Wildman–Crippen LogP) is 1.43. The highest BCUT2D eigenvalue weighted by atomic mass is 15.1. The topological polar surface area (TPSA) is 63.3 Å². The van der Waals surface area contributed by atoms with E-state index in [1.165, 1.54) is 25.7 Å². The fourth-order valence-corrected chi connectivity index (χ4v) is 1.99. The van der Waals surface area contributed by atoms with Crippen molar-refractivity contribution >= 4 is 5.96 Å². The van der Waals surface area contributed by atoms with Gasteiger partial charge in [0.15, 0.2) is 5.96 Å². The lowest BCUT2D eigenvalue weighted by atomic mass is 10.2. The molecule has 1 aromatic heterocycles. The van der Waals surface area contributed by atoms with Crippen LogP contribution in [0.3, 0.4) is 0 Å². The van der Waals surface area contributed by atoms with Gasteiger partial charge in [-0.3, -0.25) is 4.98 Å². The summed E-state index contributed by atoms with van der Waals surface area (Å²) in [5.74, 6) is 0.552. The first-order valence-corrected chi connectivity index (χ1v) is 5.80. The lowest BCUT2D eigenvalue weighted by molar-refractivity contribution is 0.625. The molecule has 0 amide bonds. The van der Waals surface area contributed by atoms with Crippen molar-refractivity contribution in [1.82, 2.24) is 10.3 Å². The molecule has 3 N–H and O–H groups in total. The molecule has 1 aromatic rings. The molecule has 4 heteroatoms. The first kappa shape index (κ1) is 10.9. The fourth-order valence-electron chi connectivity index (χ4n) is 1.99. The summed E-state index contributed by atoms with van der Waals surface area (Å²) >= 11 is 0. The molecule has 0 radical (unpaired) electrons. The maximum absolute atomic E-state index is 5.82. The van der Waals surface area contributed by atoms with Crippen LogP contribution in [0.2, 0.25) is 0 Å². The van der Waals surface area contributed by atoms with E-state index in [0.29, 0.717) is 18.5 Å². The molecular weight excluding hydrogens is 200 g/mol. The molecule has 0 aliphatic heterocycles. The molecule has 1 heterocycles. The number of pyridine rings is 1. The Morgan fingerprint density at radius 1 is 1.50 bits per heavy atom. The average Bonchev–Trinajstić information content (AvgIpc) is 2.81. The number of nitrogens with two attached hydrogens (primary N) is 1. The summed E-state index contributed by atoms with van der Waals surface area (Å²) in [6.45, 7) is 0.597. The van der Waals surface area contributed by atoms with Gasteiger partial charge in [-0.1, -0.05) is 18.9 Å². The highest BCUT2D eigenvalue weighted by Crippen LogP contribution is 2.17. The summed E-state index contributed by atoms with van der Waals surface area (Å²) in [6.07, 6.45) is 8.59. The number of rotatable bonds is 3. The van der Waals surface area contributed by atoms with Crippen LogP contribution < -0.4 is 11.1 Å². The summed E-state index contributed by atoms with van der Waals surface area (Å²) in [5, 5.41) is 3.26. The van der Waals surface area contributed by atoms with Crippen LogP contribution in [0, 0.1) is 0 Å². The van der Waals surface area contributed by atoms with Crippen LogP contribution in [0.5, 0.6) is 0 Å². The number of nitrogens with one attached hydrogen (secondary N) is 1. The van der Waals surface area contributed by atoms with E-state index in [2.05, 4.69) is 15.3 Å². The number of aliphatic imine (C=N–C) groups is 1. The van der Waals surface area contributed by atoms with Crippen LogP contribution >= 0.6 is 0 Å². The Morgan fingerprint density at radius 3 is 3.00 bits per heavy atom. The van der Waals surface area contributed by atoms with E-state index < -0.39 is 0 Å². The first-order chi connectivity index (χ1) is 7.84. The van der Waals surface area contributed by atoms with Gasteiger partial charge in [0.1, 0.15) is 0 Å². The highest BCUT2D eigenvalue weighted by Gasteiger charge is 2.14. The van der Waals surface area contributed by atoms with Gasteiger partial charge in [-0.05, 0) is 24.5 Å². The molecule has 4 nitrogen and oxygen atoms in total. The Balaban J connectivity index is 1.82. The standard InChI is InChI=1S/C12H18N4/c13-12(16-11-5-1-2-6-11)15-9-10-4-3-7-14-8-10/h3-4,7-8,11H,1-2,5-6,9H2,(H3,13,15,16). The Hall–Kier alpha value is -1.58. The third-order valence-electron chi connectivity index (χ3n) is 2.86. The van der Waals surface area contributed by atoms with Crippen molar-refractivity contribution < 1.29 is 0 Å². The van der Waals surface area contributed by atoms with Gasteiger partial charge in [0, 0.05) is 18.4 Å². The molecule has 1 fully saturated rings. The van der Waals surface area contributed by atoms with Crippen molar-refractivity contribution in [3.63, 3.8) is 0 Å². The highest BCUT2D eigenvalue weighted by molar-refractivity contribution is 5.78. The van der Waals surface area contributed by atoms with E-state index in [1.54, 1.807) is 6.20 Å². The van der Waals surface area contributed by atoms with E-state index in [9.17, 15) is 0 Å². The second-order valence-electron chi connectivity index (χ2n) is 4.19. The SMILES string of the molecule is NC(=NCc1cccnc1)NC1CCCC1. The third kappa shape index (κ3) is 3.22. The third-order valence-corrected chi connectivity index (χ3v) is 2.86. The van der Waals surface area contributed by atoms with Crippen molar-refractivity contribution in [2.75, 3.05) is 0 Å². The summed E-state index contributed by atoms with van der Waals surface area (Å²) in [4.78, 5) is 8.34. The molecule has 1 aliphatic carbocycles. The van der Waals surface area contributed by atoms with Crippen molar-refractivity contribution in [3.8, 4) is 0 Å². The number of guanidine groups is 1. The minimum atomic E-state index is 0.526. The van der Waals surface area contributed by atoms with Crippen LogP contribution in [0.15, 0.2) is 29.5 Å². The molecule has 0 unspecified atom stereocenters. The summed E-state index contributed by atoms with van der Waals surface area (Å²) < 4.78 is 0. The molecule has 0 aromatic carbocycles. The Kier molecular flexibility index (Phi) is 3.75. The zero-order valence-electron chi connectivity index (χ0n) is 9.39. The Labute approximate surface area is 96.0 Å². The molecule has 0 bridgehead atoms. The van der Waals surface area contributed by atoms with Crippen molar-refractivity contribution in [1.29, 1.82) is 0 Å². The average molecular weight is 218 g/mol. The summed E-state index contributed by atoms with van der Waals surface area (Å²) in [7, 11) is 0. The lowest BCUT2D eigenvalue weighted by Crippen LogP contribution is -2.38. The molecule has 1 aliphatic rings. The molecule has 0 saturated heterocycles. The fraction of sp³-hybridized carbons (Fsp3) is 0.500. The normalized spacial score (nSPS) is 17.6.